The Morgan fingerprint density at radius 1 is 0.926 bits per heavy atom. The van der Waals surface area contributed by atoms with E-state index in [1.807, 2.05) is 4.90 Å². The molecule has 5 nitrogen and oxygen atoms in total. The summed E-state index contributed by atoms with van der Waals surface area (Å²) in [5.74, 6) is 0.970. The van der Waals surface area contributed by atoms with E-state index in [-0.39, 0.29) is 23.8 Å². The molecule has 0 aromatic rings. The van der Waals surface area contributed by atoms with Crippen LogP contribution < -0.4 is 5.32 Å². The standard InChI is InChI=1S/C22H36N2O3/c1-16-11-13-22(14-12-16)24(21(26)17-7-5-6-8-17)19(15-27-22)20(25)23-18-9-3-2-4-10-18/h16-19H,2-15H2,1H3,(H,23,25). The lowest BCUT2D eigenvalue weighted by atomic mass is 9.83. The average molecular weight is 377 g/mol. The van der Waals surface area contributed by atoms with Crippen LogP contribution in [0.2, 0.25) is 0 Å². The quantitative estimate of drug-likeness (QED) is 0.816. The molecule has 4 rings (SSSR count). The van der Waals surface area contributed by atoms with E-state index in [0.717, 1.165) is 64.2 Å². The van der Waals surface area contributed by atoms with Gasteiger partial charge in [-0.15, -0.1) is 0 Å². The SMILES string of the molecule is CC1CCC2(CC1)OCC(C(=O)NC1CCCCC1)N2C(=O)C1CCCC1. The minimum absolute atomic E-state index is 0.0174. The molecule has 4 fully saturated rings. The van der Waals surface area contributed by atoms with Gasteiger partial charge in [-0.25, -0.2) is 0 Å². The Balaban J connectivity index is 1.52. The lowest BCUT2D eigenvalue weighted by Gasteiger charge is -2.44. The molecule has 1 N–H and O–H groups in total. The largest absolute Gasteiger partial charge is 0.353 e. The summed E-state index contributed by atoms with van der Waals surface area (Å²) in [4.78, 5) is 28.5. The lowest BCUT2D eigenvalue weighted by molar-refractivity contribution is -0.165. The summed E-state index contributed by atoms with van der Waals surface area (Å²) in [7, 11) is 0. The van der Waals surface area contributed by atoms with Crippen LogP contribution in [0.1, 0.15) is 90.4 Å². The molecule has 1 saturated heterocycles. The fourth-order valence-electron chi connectivity index (χ4n) is 5.72. The first-order valence-electron chi connectivity index (χ1n) is 11.4. The fraction of sp³-hybridized carbons (Fsp3) is 0.909. The number of carbonyl (C=O) groups excluding carboxylic acids is 2. The molecule has 27 heavy (non-hydrogen) atoms. The second kappa shape index (κ2) is 8.10. The van der Waals surface area contributed by atoms with Gasteiger partial charge in [0.25, 0.3) is 0 Å². The van der Waals surface area contributed by atoms with Crippen molar-refractivity contribution in [1.82, 2.24) is 10.2 Å². The second-order valence-electron chi connectivity index (χ2n) is 9.49. The Hall–Kier alpha value is -1.10. The minimum atomic E-state index is -0.527. The number of hydrogen-bond acceptors (Lipinski definition) is 3. The van der Waals surface area contributed by atoms with E-state index >= 15 is 0 Å². The van der Waals surface area contributed by atoms with E-state index in [1.165, 1.54) is 19.3 Å². The van der Waals surface area contributed by atoms with Gasteiger partial charge in [-0.05, 0) is 57.3 Å². The first-order chi connectivity index (χ1) is 13.1. The maximum absolute atomic E-state index is 13.5. The maximum Gasteiger partial charge on any atom is 0.245 e. The van der Waals surface area contributed by atoms with Crippen LogP contribution in [0.5, 0.6) is 0 Å². The molecule has 2 amide bonds. The van der Waals surface area contributed by atoms with Gasteiger partial charge in [-0.1, -0.05) is 39.0 Å². The predicted molar refractivity (Wildman–Crippen MR) is 104 cm³/mol. The highest BCUT2D eigenvalue weighted by atomic mass is 16.5. The number of rotatable bonds is 3. The van der Waals surface area contributed by atoms with Crippen molar-refractivity contribution >= 4 is 11.8 Å². The van der Waals surface area contributed by atoms with Crippen molar-refractivity contribution < 1.29 is 14.3 Å². The van der Waals surface area contributed by atoms with Crippen LogP contribution in [0.15, 0.2) is 0 Å². The molecule has 0 bridgehead atoms. The number of nitrogens with zero attached hydrogens (tertiary/aromatic N) is 1. The zero-order valence-electron chi connectivity index (χ0n) is 16.9. The molecule has 0 radical (unpaired) electrons. The van der Waals surface area contributed by atoms with Crippen LogP contribution in [0.4, 0.5) is 0 Å². The van der Waals surface area contributed by atoms with Crippen LogP contribution in [-0.4, -0.2) is 41.1 Å². The van der Waals surface area contributed by atoms with Gasteiger partial charge in [0.15, 0.2) is 0 Å². The summed E-state index contributed by atoms with van der Waals surface area (Å²) in [5, 5.41) is 3.25. The number of nitrogens with one attached hydrogen (secondary N) is 1. The Labute approximate surface area is 163 Å². The summed E-state index contributed by atoms with van der Waals surface area (Å²) in [6.45, 7) is 2.64. The first kappa shape index (κ1) is 19.2. The molecule has 3 saturated carbocycles. The van der Waals surface area contributed by atoms with Gasteiger partial charge in [0.05, 0.1) is 6.61 Å². The molecule has 0 aromatic carbocycles. The van der Waals surface area contributed by atoms with Gasteiger partial charge in [0.2, 0.25) is 11.8 Å². The molecule has 1 aliphatic heterocycles. The molecule has 1 unspecified atom stereocenters. The maximum atomic E-state index is 13.5. The molecular weight excluding hydrogens is 340 g/mol. The number of hydrogen-bond donors (Lipinski definition) is 1. The third-order valence-corrected chi connectivity index (χ3v) is 7.51. The van der Waals surface area contributed by atoms with Crippen LogP contribution in [0.3, 0.4) is 0 Å². The second-order valence-corrected chi connectivity index (χ2v) is 9.49. The van der Waals surface area contributed by atoms with Crippen molar-refractivity contribution in [3.63, 3.8) is 0 Å². The van der Waals surface area contributed by atoms with E-state index in [1.54, 1.807) is 0 Å². The molecule has 4 aliphatic rings. The normalized spacial score (nSPS) is 35.7. The number of ether oxygens (including phenoxy) is 1. The van der Waals surface area contributed by atoms with Crippen LogP contribution in [0.25, 0.3) is 0 Å². The van der Waals surface area contributed by atoms with Crippen LogP contribution in [0, 0.1) is 11.8 Å². The molecule has 0 aromatic heterocycles. The Bertz CT molecular complexity index is 544. The van der Waals surface area contributed by atoms with Gasteiger partial charge in [-0.3, -0.25) is 14.5 Å². The van der Waals surface area contributed by atoms with E-state index in [2.05, 4.69) is 12.2 Å². The highest BCUT2D eigenvalue weighted by Gasteiger charge is 2.54. The molecule has 1 atom stereocenters. The van der Waals surface area contributed by atoms with E-state index in [9.17, 15) is 9.59 Å². The van der Waals surface area contributed by atoms with E-state index in [4.69, 9.17) is 4.74 Å². The monoisotopic (exact) mass is 376 g/mol. The number of carbonyl (C=O) groups is 2. The Morgan fingerprint density at radius 3 is 2.22 bits per heavy atom. The summed E-state index contributed by atoms with van der Waals surface area (Å²) in [6, 6.07) is -0.161. The first-order valence-corrected chi connectivity index (χ1v) is 11.4. The molecule has 3 aliphatic carbocycles. The smallest absolute Gasteiger partial charge is 0.245 e. The van der Waals surface area contributed by atoms with Crippen molar-refractivity contribution in [3.05, 3.63) is 0 Å². The number of amides is 2. The summed E-state index contributed by atoms with van der Waals surface area (Å²) < 4.78 is 6.29. The molecule has 1 spiro atoms. The minimum Gasteiger partial charge on any atom is -0.353 e. The van der Waals surface area contributed by atoms with Crippen LogP contribution in [-0.2, 0) is 14.3 Å². The molecular formula is C22H36N2O3. The summed E-state index contributed by atoms with van der Waals surface area (Å²) in [5.41, 5.74) is -0.527. The zero-order chi connectivity index (χ0) is 18.9. The van der Waals surface area contributed by atoms with Gasteiger partial charge in [0.1, 0.15) is 11.8 Å². The van der Waals surface area contributed by atoms with E-state index < -0.39 is 11.8 Å². The van der Waals surface area contributed by atoms with Crippen molar-refractivity contribution in [3.8, 4) is 0 Å². The Morgan fingerprint density at radius 2 is 1.56 bits per heavy atom. The van der Waals surface area contributed by atoms with Crippen molar-refractivity contribution in [2.45, 2.75) is 108 Å². The summed E-state index contributed by atoms with van der Waals surface area (Å²) >= 11 is 0. The van der Waals surface area contributed by atoms with Crippen LogP contribution >= 0.6 is 0 Å². The van der Waals surface area contributed by atoms with Crippen molar-refractivity contribution in [2.24, 2.45) is 11.8 Å². The van der Waals surface area contributed by atoms with E-state index in [0.29, 0.717) is 12.5 Å². The van der Waals surface area contributed by atoms with Gasteiger partial charge < -0.3 is 10.1 Å². The lowest BCUT2D eigenvalue weighted by Crippen LogP contribution is -2.58. The van der Waals surface area contributed by atoms with Crippen molar-refractivity contribution in [1.29, 1.82) is 0 Å². The summed E-state index contributed by atoms with van der Waals surface area (Å²) in [6.07, 6.45) is 13.9. The zero-order valence-corrected chi connectivity index (χ0v) is 16.9. The highest BCUT2D eigenvalue weighted by molar-refractivity contribution is 5.90. The third-order valence-electron chi connectivity index (χ3n) is 7.51. The molecule has 5 heteroatoms. The Kier molecular flexibility index (Phi) is 5.77. The molecule has 152 valence electrons. The fourth-order valence-corrected chi connectivity index (χ4v) is 5.72. The van der Waals surface area contributed by atoms with Crippen molar-refractivity contribution in [2.75, 3.05) is 6.61 Å². The van der Waals surface area contributed by atoms with Gasteiger partial charge in [-0.2, -0.15) is 0 Å². The highest BCUT2D eigenvalue weighted by Crippen LogP contribution is 2.44. The average Bonchev–Trinajstić information content (AvgIpc) is 3.33. The van der Waals surface area contributed by atoms with Gasteiger partial charge in [0, 0.05) is 12.0 Å². The van der Waals surface area contributed by atoms with Gasteiger partial charge >= 0.3 is 0 Å². The predicted octanol–water partition coefficient (Wildman–Crippen LogP) is 3.76. The molecule has 1 heterocycles. The topological polar surface area (TPSA) is 58.6 Å². The third kappa shape index (κ3) is 3.90.